The molecule has 28 heavy (non-hydrogen) atoms. The van der Waals surface area contributed by atoms with Gasteiger partial charge >= 0.3 is 0 Å². The molecular weight excluding hydrogens is 362 g/mol. The van der Waals surface area contributed by atoms with E-state index in [9.17, 15) is 18.4 Å². The van der Waals surface area contributed by atoms with Gasteiger partial charge in [-0.2, -0.15) is 0 Å². The minimum Gasteiger partial charge on any atom is -0.352 e. The van der Waals surface area contributed by atoms with Gasteiger partial charge in [0.2, 0.25) is 5.91 Å². The Balaban J connectivity index is 1.83. The second kappa shape index (κ2) is 8.95. The van der Waals surface area contributed by atoms with Gasteiger partial charge in [-0.05, 0) is 29.2 Å². The van der Waals surface area contributed by atoms with Gasteiger partial charge in [0, 0.05) is 43.8 Å². The summed E-state index contributed by atoms with van der Waals surface area (Å²) in [6, 6.07) is 10.6. The fourth-order valence-corrected chi connectivity index (χ4v) is 2.69. The van der Waals surface area contributed by atoms with E-state index in [0.717, 1.165) is 17.7 Å². The zero-order chi connectivity index (χ0) is 20.9. The van der Waals surface area contributed by atoms with Crippen LogP contribution in [0.2, 0.25) is 0 Å². The van der Waals surface area contributed by atoms with Crippen molar-refractivity contribution < 1.29 is 18.4 Å². The number of nitrogens with zero attached hydrogens (tertiary/aromatic N) is 1. The summed E-state index contributed by atoms with van der Waals surface area (Å²) in [5.74, 6) is -1.84. The van der Waals surface area contributed by atoms with Crippen molar-refractivity contribution in [2.45, 2.75) is 39.2 Å². The maximum atomic E-state index is 13.7. The lowest BCUT2D eigenvalue weighted by Gasteiger charge is -2.19. The molecule has 150 valence electrons. The summed E-state index contributed by atoms with van der Waals surface area (Å²) < 4.78 is 26.6. The smallest absolute Gasteiger partial charge is 0.251 e. The highest BCUT2D eigenvalue weighted by atomic mass is 19.1. The molecule has 0 aliphatic rings. The third kappa shape index (κ3) is 5.87. The second-order valence-corrected chi connectivity index (χ2v) is 7.82. The van der Waals surface area contributed by atoms with Gasteiger partial charge in [-0.15, -0.1) is 0 Å². The SMILES string of the molecule is CN(Cc1ccc(F)cc1F)C(=O)CCNC(=O)c1ccc(C(C)(C)C)cc1. The Hall–Kier alpha value is -2.76. The number of hydrogen-bond donors (Lipinski definition) is 1. The van der Waals surface area contributed by atoms with E-state index < -0.39 is 11.6 Å². The Morgan fingerprint density at radius 2 is 1.68 bits per heavy atom. The van der Waals surface area contributed by atoms with E-state index in [1.807, 2.05) is 12.1 Å². The minimum atomic E-state index is -0.688. The van der Waals surface area contributed by atoms with Gasteiger partial charge in [0.1, 0.15) is 11.6 Å². The van der Waals surface area contributed by atoms with Crippen molar-refractivity contribution >= 4 is 11.8 Å². The van der Waals surface area contributed by atoms with E-state index in [-0.39, 0.29) is 42.3 Å². The van der Waals surface area contributed by atoms with Gasteiger partial charge in [-0.3, -0.25) is 9.59 Å². The first kappa shape index (κ1) is 21.5. The summed E-state index contributed by atoms with van der Waals surface area (Å²) in [6.07, 6.45) is 0.0884. The molecular formula is C22H26F2N2O2. The number of amides is 2. The molecule has 0 heterocycles. The normalized spacial score (nSPS) is 11.2. The highest BCUT2D eigenvalue weighted by Crippen LogP contribution is 2.22. The van der Waals surface area contributed by atoms with Crippen LogP contribution < -0.4 is 5.32 Å². The van der Waals surface area contributed by atoms with Gasteiger partial charge in [0.05, 0.1) is 0 Å². The summed E-state index contributed by atoms with van der Waals surface area (Å²) in [7, 11) is 1.54. The average molecular weight is 388 g/mol. The summed E-state index contributed by atoms with van der Waals surface area (Å²) in [5, 5.41) is 2.72. The number of carbonyl (C=O) groups is 2. The van der Waals surface area contributed by atoms with E-state index in [0.29, 0.717) is 5.56 Å². The molecule has 0 saturated carbocycles. The molecule has 0 unspecified atom stereocenters. The predicted molar refractivity (Wildman–Crippen MR) is 105 cm³/mol. The van der Waals surface area contributed by atoms with Crippen LogP contribution in [-0.4, -0.2) is 30.3 Å². The fraction of sp³-hybridized carbons (Fsp3) is 0.364. The van der Waals surface area contributed by atoms with Crippen molar-refractivity contribution in [3.05, 3.63) is 70.8 Å². The van der Waals surface area contributed by atoms with E-state index in [1.54, 1.807) is 12.1 Å². The van der Waals surface area contributed by atoms with Crippen molar-refractivity contribution in [2.24, 2.45) is 0 Å². The van der Waals surface area contributed by atoms with E-state index in [2.05, 4.69) is 26.1 Å². The van der Waals surface area contributed by atoms with Crippen molar-refractivity contribution in [3.8, 4) is 0 Å². The quantitative estimate of drug-likeness (QED) is 0.812. The molecule has 0 fully saturated rings. The molecule has 0 aliphatic heterocycles. The highest BCUT2D eigenvalue weighted by Gasteiger charge is 2.15. The van der Waals surface area contributed by atoms with Crippen LogP contribution in [0.4, 0.5) is 8.78 Å². The first-order valence-corrected chi connectivity index (χ1v) is 9.14. The summed E-state index contributed by atoms with van der Waals surface area (Å²) in [6.45, 7) is 6.51. The molecule has 1 N–H and O–H groups in total. The van der Waals surface area contributed by atoms with Gasteiger partial charge in [0.15, 0.2) is 0 Å². The number of hydrogen-bond acceptors (Lipinski definition) is 2. The van der Waals surface area contributed by atoms with Gasteiger partial charge in [-0.25, -0.2) is 8.78 Å². The zero-order valence-electron chi connectivity index (χ0n) is 16.7. The maximum absolute atomic E-state index is 13.7. The van der Waals surface area contributed by atoms with Crippen LogP contribution in [0.3, 0.4) is 0 Å². The van der Waals surface area contributed by atoms with E-state index >= 15 is 0 Å². The maximum Gasteiger partial charge on any atom is 0.251 e. The van der Waals surface area contributed by atoms with Crippen LogP contribution in [0.25, 0.3) is 0 Å². The molecule has 0 bridgehead atoms. The van der Waals surface area contributed by atoms with Crippen LogP contribution in [0, 0.1) is 11.6 Å². The number of halogens is 2. The molecule has 0 spiro atoms. The minimum absolute atomic E-state index is 0.00993. The van der Waals surface area contributed by atoms with Crippen molar-refractivity contribution in [1.29, 1.82) is 0 Å². The highest BCUT2D eigenvalue weighted by molar-refractivity contribution is 5.94. The van der Waals surface area contributed by atoms with Crippen LogP contribution in [0.1, 0.15) is 48.7 Å². The molecule has 0 aliphatic carbocycles. The summed E-state index contributed by atoms with van der Waals surface area (Å²) in [4.78, 5) is 25.7. The molecule has 4 nitrogen and oxygen atoms in total. The lowest BCUT2D eigenvalue weighted by Crippen LogP contribution is -2.32. The molecule has 2 rings (SSSR count). The molecule has 2 aromatic rings. The topological polar surface area (TPSA) is 49.4 Å². The van der Waals surface area contributed by atoms with Gasteiger partial charge in [0.25, 0.3) is 5.91 Å². The van der Waals surface area contributed by atoms with E-state index in [1.165, 1.54) is 18.0 Å². The Bertz CT molecular complexity index is 843. The largest absolute Gasteiger partial charge is 0.352 e. The molecule has 6 heteroatoms. The average Bonchev–Trinajstić information content (AvgIpc) is 2.63. The van der Waals surface area contributed by atoms with Crippen LogP contribution in [0.15, 0.2) is 42.5 Å². The van der Waals surface area contributed by atoms with Gasteiger partial charge < -0.3 is 10.2 Å². The predicted octanol–water partition coefficient (Wildman–Crippen LogP) is 4.04. The van der Waals surface area contributed by atoms with Crippen molar-refractivity contribution in [1.82, 2.24) is 10.2 Å². The molecule has 2 aromatic carbocycles. The van der Waals surface area contributed by atoms with E-state index in [4.69, 9.17) is 0 Å². The molecule has 0 radical (unpaired) electrons. The number of rotatable bonds is 6. The monoisotopic (exact) mass is 388 g/mol. The number of carbonyl (C=O) groups excluding carboxylic acids is 2. The summed E-state index contributed by atoms with van der Waals surface area (Å²) >= 11 is 0. The van der Waals surface area contributed by atoms with Crippen molar-refractivity contribution in [2.75, 3.05) is 13.6 Å². The summed E-state index contributed by atoms with van der Waals surface area (Å²) in [5.41, 5.74) is 1.91. The standard InChI is InChI=1S/C22H26F2N2O2/c1-22(2,3)17-8-5-15(6-9-17)21(28)25-12-11-20(27)26(4)14-16-7-10-18(23)13-19(16)24/h5-10,13H,11-12,14H2,1-4H3,(H,25,28). The number of nitrogens with one attached hydrogen (secondary N) is 1. The third-order valence-electron chi connectivity index (χ3n) is 4.49. The Kier molecular flexibility index (Phi) is 6.89. The molecule has 2 amide bonds. The Morgan fingerprint density at radius 3 is 2.25 bits per heavy atom. The number of benzene rings is 2. The van der Waals surface area contributed by atoms with Crippen LogP contribution in [-0.2, 0) is 16.8 Å². The second-order valence-electron chi connectivity index (χ2n) is 7.82. The van der Waals surface area contributed by atoms with Crippen LogP contribution >= 0.6 is 0 Å². The Morgan fingerprint density at radius 1 is 1.04 bits per heavy atom. The Labute approximate surface area is 164 Å². The lowest BCUT2D eigenvalue weighted by molar-refractivity contribution is -0.130. The first-order chi connectivity index (χ1) is 13.1. The molecule has 0 aromatic heterocycles. The van der Waals surface area contributed by atoms with Crippen molar-refractivity contribution in [3.63, 3.8) is 0 Å². The zero-order valence-corrected chi connectivity index (χ0v) is 16.7. The third-order valence-corrected chi connectivity index (χ3v) is 4.49. The van der Waals surface area contributed by atoms with Gasteiger partial charge in [-0.1, -0.05) is 39.0 Å². The molecule has 0 saturated heterocycles. The first-order valence-electron chi connectivity index (χ1n) is 9.14. The fourth-order valence-electron chi connectivity index (χ4n) is 2.69. The lowest BCUT2D eigenvalue weighted by atomic mass is 9.87. The molecule has 0 atom stereocenters. The van der Waals surface area contributed by atoms with Crippen LogP contribution in [0.5, 0.6) is 0 Å².